The Hall–Kier alpha value is -2.67. The smallest absolute Gasteiger partial charge is 0.142 e. The lowest BCUT2D eigenvalue weighted by Gasteiger charge is -2.21. The lowest BCUT2D eigenvalue weighted by molar-refractivity contribution is -0.123. The molecule has 1 aliphatic heterocycles. The highest BCUT2D eigenvalue weighted by Crippen LogP contribution is 2.22. The molecule has 1 fully saturated rings. The summed E-state index contributed by atoms with van der Waals surface area (Å²) in [4.78, 5) is 12.5. The second kappa shape index (κ2) is 6.68. The molecular weight excluding hydrogens is 316 g/mol. The van der Waals surface area contributed by atoms with E-state index in [1.807, 2.05) is 37.5 Å². The van der Waals surface area contributed by atoms with Crippen LogP contribution in [-0.2, 0) is 18.3 Å². The van der Waals surface area contributed by atoms with Crippen LogP contribution in [0, 0.1) is 5.92 Å². The molecule has 0 aliphatic carbocycles. The van der Waals surface area contributed by atoms with E-state index in [1.165, 1.54) is 0 Å². The molecule has 0 spiro atoms. The lowest BCUT2D eigenvalue weighted by atomic mass is 9.91. The van der Waals surface area contributed by atoms with Gasteiger partial charge in [-0.1, -0.05) is 11.3 Å². The zero-order valence-electron chi connectivity index (χ0n) is 14.1. The predicted octanol–water partition coefficient (Wildman–Crippen LogP) is 1.54. The number of aromatic nitrogens is 5. The van der Waals surface area contributed by atoms with Gasteiger partial charge >= 0.3 is 0 Å². The highest BCUT2D eigenvalue weighted by molar-refractivity contribution is 5.86. The topological polar surface area (TPSA) is 85.6 Å². The second-order valence-electron chi connectivity index (χ2n) is 6.55. The largest absolute Gasteiger partial charge is 0.317 e. The van der Waals surface area contributed by atoms with Crippen molar-refractivity contribution in [2.24, 2.45) is 13.0 Å². The first-order chi connectivity index (χ1) is 12.2. The molecule has 0 bridgehead atoms. The van der Waals surface area contributed by atoms with E-state index in [0.717, 1.165) is 53.8 Å². The van der Waals surface area contributed by atoms with Gasteiger partial charge in [0, 0.05) is 23.9 Å². The number of Topliss-reactive ketones (excluding diaryl/α,β-unsaturated/α-hetero) is 1. The molecule has 7 nitrogen and oxygen atoms in total. The molecule has 7 heteroatoms. The summed E-state index contributed by atoms with van der Waals surface area (Å²) in [6.45, 7) is 1.84. The maximum absolute atomic E-state index is 12.5. The van der Waals surface area contributed by atoms with E-state index in [4.69, 9.17) is 0 Å². The van der Waals surface area contributed by atoms with Crippen molar-refractivity contribution in [2.75, 3.05) is 13.1 Å². The van der Waals surface area contributed by atoms with Gasteiger partial charge in [0.05, 0.1) is 23.8 Å². The third kappa shape index (κ3) is 3.41. The molecule has 3 aromatic rings. The van der Waals surface area contributed by atoms with Crippen LogP contribution in [0.2, 0.25) is 0 Å². The SMILES string of the molecule is Cn1cc(-c2ccc3nnc(CC(=O)C4CCNCC4)cc3c2)nn1. The zero-order valence-corrected chi connectivity index (χ0v) is 14.1. The molecule has 1 saturated heterocycles. The minimum Gasteiger partial charge on any atom is -0.317 e. The average molecular weight is 336 g/mol. The number of fused-ring (bicyclic) bond motifs is 1. The van der Waals surface area contributed by atoms with Gasteiger partial charge in [0.15, 0.2) is 0 Å². The monoisotopic (exact) mass is 336 g/mol. The van der Waals surface area contributed by atoms with E-state index in [1.54, 1.807) is 4.68 Å². The Kier molecular flexibility index (Phi) is 4.23. The first-order valence-electron chi connectivity index (χ1n) is 8.55. The van der Waals surface area contributed by atoms with Gasteiger partial charge in [-0.05, 0) is 44.1 Å². The van der Waals surface area contributed by atoms with Crippen LogP contribution in [-0.4, -0.2) is 44.1 Å². The minimum absolute atomic E-state index is 0.143. The van der Waals surface area contributed by atoms with Crippen molar-refractivity contribution in [1.29, 1.82) is 0 Å². The number of carbonyl (C=O) groups excluding carboxylic acids is 1. The highest BCUT2D eigenvalue weighted by atomic mass is 16.1. The number of nitrogens with one attached hydrogen (secondary N) is 1. The molecule has 25 heavy (non-hydrogen) atoms. The van der Waals surface area contributed by atoms with E-state index < -0.39 is 0 Å². The van der Waals surface area contributed by atoms with Gasteiger partial charge in [-0.15, -0.1) is 5.10 Å². The number of rotatable bonds is 4. The normalized spacial score (nSPS) is 15.6. The molecule has 0 saturated carbocycles. The molecule has 0 atom stereocenters. The van der Waals surface area contributed by atoms with Crippen LogP contribution in [0.15, 0.2) is 30.5 Å². The van der Waals surface area contributed by atoms with Gasteiger partial charge in [-0.3, -0.25) is 9.48 Å². The standard InChI is InChI=1S/C18H20N6O/c1-24-11-17(22-23-24)13-2-3-16-14(8-13)9-15(20-21-16)10-18(25)12-4-6-19-7-5-12/h2-3,8-9,11-12,19H,4-7,10H2,1H3. The van der Waals surface area contributed by atoms with E-state index in [9.17, 15) is 4.79 Å². The molecule has 1 aliphatic rings. The Morgan fingerprint density at radius 1 is 1.20 bits per heavy atom. The predicted molar refractivity (Wildman–Crippen MR) is 93.8 cm³/mol. The number of benzene rings is 1. The molecular formula is C18H20N6O. The molecule has 1 aromatic carbocycles. The number of hydrogen-bond donors (Lipinski definition) is 1. The summed E-state index contributed by atoms with van der Waals surface area (Å²) in [6.07, 6.45) is 4.05. The van der Waals surface area contributed by atoms with Crippen LogP contribution in [0.1, 0.15) is 18.5 Å². The fourth-order valence-electron chi connectivity index (χ4n) is 3.28. The van der Waals surface area contributed by atoms with Crippen LogP contribution in [0.25, 0.3) is 22.2 Å². The molecule has 0 amide bonds. The summed E-state index contributed by atoms with van der Waals surface area (Å²) >= 11 is 0. The van der Waals surface area contributed by atoms with Crippen molar-refractivity contribution in [2.45, 2.75) is 19.3 Å². The van der Waals surface area contributed by atoms with Gasteiger partial charge in [-0.25, -0.2) is 0 Å². The number of aryl methyl sites for hydroxylation is 1. The molecule has 3 heterocycles. The number of ketones is 1. The summed E-state index contributed by atoms with van der Waals surface area (Å²) in [6, 6.07) is 7.86. The maximum Gasteiger partial charge on any atom is 0.142 e. The van der Waals surface area contributed by atoms with Crippen LogP contribution < -0.4 is 5.32 Å². The Labute approximate surface area is 145 Å². The van der Waals surface area contributed by atoms with Gasteiger partial charge in [0.2, 0.25) is 0 Å². The summed E-state index contributed by atoms with van der Waals surface area (Å²) < 4.78 is 1.67. The van der Waals surface area contributed by atoms with Crippen molar-refractivity contribution in [3.8, 4) is 11.3 Å². The Balaban J connectivity index is 1.59. The van der Waals surface area contributed by atoms with Crippen molar-refractivity contribution in [3.05, 3.63) is 36.2 Å². The van der Waals surface area contributed by atoms with Gasteiger partial charge in [0.1, 0.15) is 11.5 Å². The Bertz CT molecular complexity index is 913. The first kappa shape index (κ1) is 15.8. The third-order valence-electron chi connectivity index (χ3n) is 4.68. The van der Waals surface area contributed by atoms with Crippen molar-refractivity contribution in [1.82, 2.24) is 30.5 Å². The van der Waals surface area contributed by atoms with Crippen LogP contribution in [0.5, 0.6) is 0 Å². The Morgan fingerprint density at radius 3 is 2.80 bits per heavy atom. The number of carbonyl (C=O) groups is 1. The summed E-state index contributed by atoms with van der Waals surface area (Å²) in [5.74, 6) is 0.407. The number of hydrogen-bond acceptors (Lipinski definition) is 6. The van der Waals surface area contributed by atoms with Gasteiger partial charge < -0.3 is 5.32 Å². The van der Waals surface area contributed by atoms with Gasteiger partial charge in [0.25, 0.3) is 0 Å². The molecule has 0 unspecified atom stereocenters. The summed E-state index contributed by atoms with van der Waals surface area (Å²) in [5, 5.41) is 20.9. The summed E-state index contributed by atoms with van der Waals surface area (Å²) in [5.41, 5.74) is 3.33. The molecule has 4 rings (SSSR count). The summed E-state index contributed by atoms with van der Waals surface area (Å²) in [7, 11) is 1.84. The van der Waals surface area contributed by atoms with Gasteiger partial charge in [-0.2, -0.15) is 10.2 Å². The molecule has 2 aromatic heterocycles. The molecule has 1 N–H and O–H groups in total. The van der Waals surface area contributed by atoms with Crippen molar-refractivity contribution in [3.63, 3.8) is 0 Å². The average Bonchev–Trinajstić information content (AvgIpc) is 3.08. The van der Waals surface area contributed by atoms with Crippen molar-refractivity contribution < 1.29 is 4.79 Å². The zero-order chi connectivity index (χ0) is 17.2. The number of nitrogens with zero attached hydrogens (tertiary/aromatic N) is 5. The second-order valence-corrected chi connectivity index (χ2v) is 6.55. The fourth-order valence-corrected chi connectivity index (χ4v) is 3.28. The fraction of sp³-hybridized carbons (Fsp3) is 0.389. The van der Waals surface area contributed by atoms with Crippen LogP contribution in [0.4, 0.5) is 0 Å². The maximum atomic E-state index is 12.5. The number of piperidine rings is 1. The van der Waals surface area contributed by atoms with Crippen LogP contribution in [0.3, 0.4) is 0 Å². The lowest BCUT2D eigenvalue weighted by Crippen LogP contribution is -2.32. The molecule has 0 radical (unpaired) electrons. The highest BCUT2D eigenvalue weighted by Gasteiger charge is 2.21. The van der Waals surface area contributed by atoms with E-state index in [2.05, 4.69) is 25.8 Å². The molecule has 128 valence electrons. The Morgan fingerprint density at radius 2 is 2.04 bits per heavy atom. The third-order valence-corrected chi connectivity index (χ3v) is 4.68. The first-order valence-corrected chi connectivity index (χ1v) is 8.55. The van der Waals surface area contributed by atoms with E-state index in [-0.39, 0.29) is 11.7 Å². The van der Waals surface area contributed by atoms with E-state index in [0.29, 0.717) is 6.42 Å². The van der Waals surface area contributed by atoms with Crippen LogP contribution >= 0.6 is 0 Å². The quantitative estimate of drug-likeness (QED) is 0.778. The minimum atomic E-state index is 0.143. The van der Waals surface area contributed by atoms with E-state index >= 15 is 0 Å². The van der Waals surface area contributed by atoms with Crippen molar-refractivity contribution >= 4 is 16.7 Å².